The zero-order valence-electron chi connectivity index (χ0n) is 54.4. The van der Waals surface area contributed by atoms with Crippen molar-refractivity contribution >= 4 is 69.4 Å². The summed E-state index contributed by atoms with van der Waals surface area (Å²) in [6, 6.07) is 39.2. The Balaban J connectivity index is 0.000000199. The topological polar surface area (TPSA) is 323 Å². The number of carbonyl (C=O) groups excluding carboxylic acids is 12. The van der Waals surface area contributed by atoms with Crippen molar-refractivity contribution in [2.75, 3.05) is 0 Å². The molecule has 0 fully saturated rings. The molecule has 0 saturated heterocycles. The predicted octanol–water partition coefficient (Wildman–Crippen LogP) is 7.25. The summed E-state index contributed by atoms with van der Waals surface area (Å²) in [7, 11) is 15.4. The van der Waals surface area contributed by atoms with Crippen LogP contribution in [0.25, 0.3) is 68.3 Å². The molecule has 531 valence electrons. The van der Waals surface area contributed by atoms with Crippen molar-refractivity contribution in [3.63, 3.8) is 0 Å². The van der Waals surface area contributed by atoms with Crippen molar-refractivity contribution in [1.29, 1.82) is 0 Å². The summed E-state index contributed by atoms with van der Waals surface area (Å²) >= 11 is 0. The summed E-state index contributed by atoms with van der Waals surface area (Å²) in [5.74, 6) is -6.08. The SMILES string of the molecule is O=C1C(=O)c2cccnc2-c2ncccc21.O=C1C(=O)c2cccnc2-c2ncccc21.O=C1C(=O)c2cccnc2-c2ncccc21.O=C1C(=O)c2cccnc2-c2ncccc21.[CH2-][n+]1cccc2c1-c1c(ccc[n+]1[CH2-])C(=O)C2=O.[CH2-][n+]1cccc2c1-c1c(ccc[n+]1[CH2-])C(=O)C2=O.[Mn].[Mn].[Mn].[Mn].[Mn].[Ni+2].[Ni+2]. The third-order valence-electron chi connectivity index (χ3n) is 16.3. The number of carbonyl (C=O) groups is 12. The molecule has 0 bridgehead atoms. The van der Waals surface area contributed by atoms with E-state index in [1.165, 1.54) is 0 Å². The minimum Gasteiger partial charge on any atom is -0.338 e. The number of Topliss-reactive ketones (excluding diaryl/α,β-unsaturated/α-hetero) is 12. The van der Waals surface area contributed by atoms with Gasteiger partial charge in [-0.2, -0.15) is 0 Å². The fraction of sp³-hybridized carbons (Fsp3) is 0. The molecule has 6 aliphatic carbocycles. The molecule has 12 aromatic rings. The largest absolute Gasteiger partial charge is 2.00 e. The maximum absolute atomic E-state index is 12.0. The van der Waals surface area contributed by atoms with E-state index in [4.69, 9.17) is 0 Å². The quantitative estimate of drug-likeness (QED) is 0.0624. The van der Waals surface area contributed by atoms with Crippen molar-refractivity contribution in [1.82, 2.24) is 39.9 Å². The zero-order chi connectivity index (χ0) is 70.2. The van der Waals surface area contributed by atoms with Crippen molar-refractivity contribution in [3.05, 3.63) is 315 Å². The van der Waals surface area contributed by atoms with Crippen LogP contribution < -0.4 is 18.3 Å². The maximum atomic E-state index is 12.0. The normalized spacial score (nSPS) is 12.3. The van der Waals surface area contributed by atoms with Gasteiger partial charge in [0.25, 0.3) is 0 Å². The Bertz CT molecular complexity index is 4800. The monoisotopic (exact) mass is 1710 g/mol. The molecule has 12 aromatic heterocycles. The minimum absolute atomic E-state index is 0. The molecule has 0 aliphatic heterocycles. The third-order valence-corrected chi connectivity index (χ3v) is 16.3. The summed E-state index contributed by atoms with van der Waals surface area (Å²) in [6.45, 7) is 0. The fourth-order valence-electron chi connectivity index (χ4n) is 11.7. The average molecular weight is 1710 g/mol. The van der Waals surface area contributed by atoms with Gasteiger partial charge in [0.05, 0.1) is 69.3 Å². The Morgan fingerprint density at radius 3 is 0.430 bits per heavy atom. The van der Waals surface area contributed by atoms with E-state index in [0.29, 0.717) is 135 Å². The van der Waals surface area contributed by atoms with Gasteiger partial charge in [-0.3, -0.25) is 97.4 Å². The first-order valence-electron chi connectivity index (χ1n) is 30.0. The van der Waals surface area contributed by atoms with Crippen LogP contribution in [0.3, 0.4) is 0 Å². The van der Waals surface area contributed by atoms with E-state index in [0.717, 1.165) is 0 Å². The first-order chi connectivity index (χ1) is 48.4. The zero-order valence-corrected chi connectivity index (χ0v) is 62.3. The molecule has 18 rings (SSSR count). The van der Waals surface area contributed by atoms with Crippen LogP contribution in [0.15, 0.2) is 220 Å². The number of fused-ring (bicyclic) bond motifs is 18. The van der Waals surface area contributed by atoms with E-state index in [1.807, 2.05) is 0 Å². The molecule has 0 spiro atoms. The van der Waals surface area contributed by atoms with Gasteiger partial charge < -0.3 is 18.3 Å². The van der Waals surface area contributed by atoms with E-state index >= 15 is 0 Å². The molecule has 0 saturated carbocycles. The Morgan fingerprint density at radius 2 is 0.299 bits per heavy atom. The molecule has 107 heavy (non-hydrogen) atoms. The fourth-order valence-corrected chi connectivity index (χ4v) is 11.7. The van der Waals surface area contributed by atoms with Gasteiger partial charge in [0.1, 0.15) is 68.3 Å². The van der Waals surface area contributed by atoms with Crippen LogP contribution in [-0.2, 0) is 118 Å². The van der Waals surface area contributed by atoms with Crippen molar-refractivity contribution in [3.8, 4) is 68.3 Å². The molecule has 24 nitrogen and oxygen atoms in total. The molecule has 0 unspecified atom stereocenters. The van der Waals surface area contributed by atoms with Gasteiger partial charge in [-0.15, -0.1) is 0 Å². The van der Waals surface area contributed by atoms with E-state index in [1.54, 1.807) is 238 Å². The van der Waals surface area contributed by atoms with Gasteiger partial charge in [-0.05, 0) is 97.1 Å². The Morgan fingerprint density at radius 1 is 0.187 bits per heavy atom. The third kappa shape index (κ3) is 15.6. The maximum Gasteiger partial charge on any atom is 2.00 e. The van der Waals surface area contributed by atoms with Crippen LogP contribution in [0, 0.1) is 28.2 Å². The van der Waals surface area contributed by atoms with Crippen molar-refractivity contribution < 1.29 is 194 Å². The Kier molecular flexibility index (Phi) is 28.4. The van der Waals surface area contributed by atoms with Crippen molar-refractivity contribution in [2.45, 2.75) is 0 Å². The van der Waals surface area contributed by atoms with Gasteiger partial charge in [0.2, 0.25) is 69.4 Å². The van der Waals surface area contributed by atoms with Crippen LogP contribution in [0.5, 0.6) is 0 Å². The summed E-state index contributed by atoms with van der Waals surface area (Å²) in [5.41, 5.74) is 10.5. The van der Waals surface area contributed by atoms with Gasteiger partial charge in [0, 0.05) is 185 Å². The summed E-state index contributed by atoms with van der Waals surface area (Å²) in [6.07, 6.45) is 19.6. The molecular weight excluding hydrogens is 1660 g/mol. The molecule has 6 aliphatic rings. The predicted molar refractivity (Wildman–Crippen MR) is 349 cm³/mol. The van der Waals surface area contributed by atoms with E-state index in [-0.39, 0.29) is 118 Å². The van der Waals surface area contributed by atoms with E-state index in [9.17, 15) is 57.5 Å². The average Bonchev–Trinajstić information content (AvgIpc) is 0.740. The number of rotatable bonds is 0. The smallest absolute Gasteiger partial charge is 0.338 e. The number of nitrogens with zero attached hydrogens (tertiary/aromatic N) is 12. The standard InChI is InChI=1S/2C14H10N2O2.4C12H6N2O2.5Mn.2Ni/c2*1-15-7-3-5-9-11(15)12-10(14(18)13(9)17)6-4-8-16(12)2;4*15-11-7-3-1-5-13-9(7)10-8(12(11)16)4-2-6-14-10;;;;;;;/h2*3-8H,1-2H2;4*1-6H;;;;;;;/q;;;;;;;;;;;2*+2. The van der Waals surface area contributed by atoms with Gasteiger partial charge in [0.15, 0.2) is 0 Å². The number of hydrogen-bond donors (Lipinski definition) is 0. The first kappa shape index (κ1) is 84.8. The van der Waals surface area contributed by atoms with Crippen LogP contribution in [0.1, 0.15) is 124 Å². The Hall–Kier alpha value is -11.1. The molecule has 12 heterocycles. The molecule has 0 N–H and O–H groups in total. The van der Waals surface area contributed by atoms with Crippen LogP contribution in [0.4, 0.5) is 0 Å². The number of hydrogen-bond acceptors (Lipinski definition) is 20. The first-order valence-corrected chi connectivity index (χ1v) is 30.0. The minimum atomic E-state index is -0.511. The van der Waals surface area contributed by atoms with E-state index in [2.05, 4.69) is 68.1 Å². The Labute approximate surface area is 680 Å². The summed E-state index contributed by atoms with van der Waals surface area (Å²) in [4.78, 5) is 175. The second-order valence-corrected chi connectivity index (χ2v) is 22.1. The molecule has 0 aromatic carbocycles. The van der Waals surface area contributed by atoms with E-state index < -0.39 is 69.4 Å². The van der Waals surface area contributed by atoms with Crippen LogP contribution in [0.2, 0.25) is 0 Å². The summed E-state index contributed by atoms with van der Waals surface area (Å²) < 4.78 is 6.33. The van der Waals surface area contributed by atoms with Crippen LogP contribution in [-0.4, -0.2) is 109 Å². The number of ketones is 12. The molecular formula is C76H44Mn5N12Ni2O12+4. The molecule has 0 amide bonds. The number of aromatic nitrogens is 12. The van der Waals surface area contributed by atoms with Crippen LogP contribution >= 0.6 is 0 Å². The van der Waals surface area contributed by atoms with Crippen molar-refractivity contribution in [2.24, 2.45) is 0 Å². The second-order valence-electron chi connectivity index (χ2n) is 22.1. The van der Waals surface area contributed by atoms with Gasteiger partial charge >= 0.3 is 33.0 Å². The number of pyridine rings is 12. The van der Waals surface area contributed by atoms with Gasteiger partial charge in [-0.1, -0.05) is 48.5 Å². The molecule has 0 atom stereocenters. The molecule has 5 radical (unpaired) electrons. The molecule has 31 heteroatoms. The van der Waals surface area contributed by atoms with Gasteiger partial charge in [-0.25, -0.2) is 0 Å². The summed E-state index contributed by atoms with van der Waals surface area (Å²) in [5, 5.41) is 0. The second kappa shape index (κ2) is 35.8.